The van der Waals surface area contributed by atoms with Crippen molar-refractivity contribution in [1.29, 1.82) is 0 Å². The van der Waals surface area contributed by atoms with Gasteiger partial charge < -0.3 is 20.2 Å². The largest absolute Gasteiger partial charge is 0.444 e. The number of hydrogen-bond donors (Lipinski definition) is 1. The van der Waals surface area contributed by atoms with Gasteiger partial charge in [-0.3, -0.25) is 14.3 Å². The summed E-state index contributed by atoms with van der Waals surface area (Å²) in [7, 11) is 0. The van der Waals surface area contributed by atoms with E-state index in [0.717, 1.165) is 29.8 Å². The number of fused-ring (bicyclic) bond motifs is 1. The van der Waals surface area contributed by atoms with Crippen LogP contribution >= 0.6 is 0 Å². The molecule has 3 aromatic rings. The number of nitrogens with zero attached hydrogens (tertiary/aromatic N) is 4. The number of benzene rings is 2. The van der Waals surface area contributed by atoms with E-state index < -0.39 is 4.92 Å². The highest BCUT2D eigenvalue weighted by Gasteiger charge is 2.22. The Kier molecular flexibility index (Phi) is 6.69. The van der Waals surface area contributed by atoms with Crippen molar-refractivity contribution in [3.05, 3.63) is 76.0 Å². The molecule has 33 heavy (non-hydrogen) atoms. The van der Waals surface area contributed by atoms with Gasteiger partial charge in [0, 0.05) is 42.8 Å². The molecule has 0 unspecified atom stereocenters. The van der Waals surface area contributed by atoms with E-state index in [1.165, 1.54) is 6.20 Å². The number of rotatable bonds is 6. The van der Waals surface area contributed by atoms with Gasteiger partial charge in [-0.25, -0.2) is 0 Å². The number of amides is 1. The second-order valence-corrected chi connectivity index (χ2v) is 8.36. The molecule has 0 saturated carbocycles. The molecular formula is C24H27N5O4. The van der Waals surface area contributed by atoms with Crippen LogP contribution in [0.2, 0.25) is 0 Å². The molecular weight excluding hydrogens is 422 g/mol. The van der Waals surface area contributed by atoms with Crippen LogP contribution in [0.15, 0.2) is 54.7 Å². The second-order valence-electron chi connectivity index (χ2n) is 8.36. The minimum Gasteiger partial charge on any atom is -0.444 e. The maximum Gasteiger partial charge on any atom is 0.414 e. The first-order valence-electron chi connectivity index (χ1n) is 11.0. The van der Waals surface area contributed by atoms with Crippen LogP contribution in [0.1, 0.15) is 29.8 Å². The Balaban J connectivity index is 1.41. The lowest BCUT2D eigenvalue weighted by Gasteiger charge is -2.24. The Morgan fingerprint density at radius 3 is 2.67 bits per heavy atom. The third-order valence-electron chi connectivity index (χ3n) is 5.45. The average molecular weight is 450 g/mol. The van der Waals surface area contributed by atoms with Gasteiger partial charge in [0.25, 0.3) is 5.91 Å². The zero-order valence-corrected chi connectivity index (χ0v) is 18.7. The van der Waals surface area contributed by atoms with E-state index in [-0.39, 0.29) is 17.8 Å². The Bertz CT molecular complexity index is 1140. The van der Waals surface area contributed by atoms with Crippen LogP contribution in [0.5, 0.6) is 6.01 Å². The van der Waals surface area contributed by atoms with Crippen molar-refractivity contribution < 1.29 is 14.5 Å². The van der Waals surface area contributed by atoms with E-state index in [4.69, 9.17) is 4.74 Å². The number of imidazole rings is 1. The monoisotopic (exact) mass is 449 g/mol. The highest BCUT2D eigenvalue weighted by Crippen LogP contribution is 2.23. The van der Waals surface area contributed by atoms with E-state index in [1.54, 1.807) is 4.57 Å². The number of carbonyl (C=O) groups excluding carboxylic acids is 1. The van der Waals surface area contributed by atoms with Crippen molar-refractivity contribution in [2.75, 3.05) is 19.7 Å². The first-order valence-corrected chi connectivity index (χ1v) is 11.0. The third-order valence-corrected chi connectivity index (χ3v) is 5.45. The van der Waals surface area contributed by atoms with Crippen molar-refractivity contribution >= 4 is 11.7 Å². The fourth-order valence-corrected chi connectivity index (χ4v) is 3.78. The molecule has 0 radical (unpaired) electrons. The Morgan fingerprint density at radius 1 is 1.15 bits per heavy atom. The summed E-state index contributed by atoms with van der Waals surface area (Å²) in [6, 6.07) is 16.3. The van der Waals surface area contributed by atoms with Gasteiger partial charge in [0.1, 0.15) is 12.8 Å². The van der Waals surface area contributed by atoms with Crippen LogP contribution in [-0.4, -0.2) is 51.0 Å². The Labute approximate surface area is 192 Å². The average Bonchev–Trinajstić information content (AvgIpc) is 3.18. The van der Waals surface area contributed by atoms with Crippen molar-refractivity contribution in [3.8, 4) is 17.1 Å². The Hall–Kier alpha value is -3.72. The minimum atomic E-state index is -0.507. The van der Waals surface area contributed by atoms with Gasteiger partial charge in [0.15, 0.2) is 0 Å². The molecule has 0 aliphatic carbocycles. The van der Waals surface area contributed by atoms with E-state index >= 15 is 0 Å². The first kappa shape index (κ1) is 22.5. The summed E-state index contributed by atoms with van der Waals surface area (Å²) in [6.07, 6.45) is 1.42. The summed E-state index contributed by atoms with van der Waals surface area (Å²) >= 11 is 0. The minimum absolute atomic E-state index is 0.0749. The zero-order valence-electron chi connectivity index (χ0n) is 18.7. The van der Waals surface area contributed by atoms with Gasteiger partial charge in [-0.05, 0) is 47.6 Å². The lowest BCUT2D eigenvalue weighted by Crippen LogP contribution is -2.33. The normalized spacial score (nSPS) is 14.2. The molecule has 1 N–H and O–H groups in total. The summed E-state index contributed by atoms with van der Waals surface area (Å²) in [5.41, 5.74) is 3.84. The van der Waals surface area contributed by atoms with Crippen LogP contribution in [0.25, 0.3) is 11.1 Å². The van der Waals surface area contributed by atoms with E-state index in [0.29, 0.717) is 31.3 Å². The maximum absolute atomic E-state index is 12.3. The van der Waals surface area contributed by atoms with Gasteiger partial charge in [-0.15, -0.1) is 0 Å². The van der Waals surface area contributed by atoms with Crippen LogP contribution in [0.3, 0.4) is 0 Å². The predicted molar refractivity (Wildman–Crippen MR) is 124 cm³/mol. The molecule has 0 bridgehead atoms. The quantitative estimate of drug-likeness (QED) is 0.457. The van der Waals surface area contributed by atoms with Gasteiger partial charge in [0.05, 0.1) is 0 Å². The van der Waals surface area contributed by atoms with Gasteiger partial charge in [0.2, 0.25) is 0 Å². The number of ether oxygens (including phenoxy) is 1. The molecule has 1 aliphatic rings. The summed E-state index contributed by atoms with van der Waals surface area (Å²) in [6.45, 7) is 7.05. The SMILES string of the molecule is CC(C)NC(=O)c1cccc(-c2ccc(CN3CCOc4nc([N+](=O)[O-])cn4CC3)cc2)c1. The van der Waals surface area contributed by atoms with Crippen LogP contribution in [-0.2, 0) is 13.1 Å². The van der Waals surface area contributed by atoms with Crippen LogP contribution < -0.4 is 10.1 Å². The summed E-state index contributed by atoms with van der Waals surface area (Å²) in [5.74, 6) is -0.269. The molecule has 172 valence electrons. The molecule has 0 saturated heterocycles. The van der Waals surface area contributed by atoms with Crippen LogP contribution in [0.4, 0.5) is 5.82 Å². The highest BCUT2D eigenvalue weighted by molar-refractivity contribution is 5.95. The fourth-order valence-electron chi connectivity index (χ4n) is 3.78. The fraction of sp³-hybridized carbons (Fsp3) is 0.333. The number of hydrogen-bond acceptors (Lipinski definition) is 6. The standard InChI is InChI=1S/C24H27N5O4/c1-17(2)25-23(30)21-5-3-4-20(14-21)19-8-6-18(7-9-19)15-27-10-11-28-16-22(29(31)32)26-24(28)33-13-12-27/h3-9,14,16-17H,10-13,15H2,1-2H3,(H,25,30). The molecule has 4 rings (SSSR count). The number of carbonyl (C=O) groups is 1. The van der Waals surface area contributed by atoms with Crippen molar-refractivity contribution in [2.24, 2.45) is 0 Å². The summed E-state index contributed by atoms with van der Waals surface area (Å²) in [5, 5.41) is 13.9. The smallest absolute Gasteiger partial charge is 0.414 e. The lowest BCUT2D eigenvalue weighted by molar-refractivity contribution is -0.389. The van der Waals surface area contributed by atoms with Crippen molar-refractivity contribution in [2.45, 2.75) is 33.0 Å². The van der Waals surface area contributed by atoms with Gasteiger partial charge in [-0.1, -0.05) is 36.4 Å². The van der Waals surface area contributed by atoms with E-state index in [9.17, 15) is 14.9 Å². The van der Waals surface area contributed by atoms with E-state index in [2.05, 4.69) is 39.5 Å². The van der Waals surface area contributed by atoms with E-state index in [1.807, 2.05) is 38.1 Å². The molecule has 0 spiro atoms. The first-order chi connectivity index (χ1) is 15.9. The molecule has 2 aromatic carbocycles. The molecule has 2 heterocycles. The molecule has 1 amide bonds. The number of aromatic nitrogens is 2. The molecule has 0 fully saturated rings. The lowest BCUT2D eigenvalue weighted by atomic mass is 10.0. The molecule has 0 atom stereocenters. The van der Waals surface area contributed by atoms with Gasteiger partial charge in [-0.2, -0.15) is 0 Å². The van der Waals surface area contributed by atoms with Crippen LogP contribution in [0, 0.1) is 10.1 Å². The molecule has 9 heteroatoms. The third kappa shape index (κ3) is 5.56. The summed E-state index contributed by atoms with van der Waals surface area (Å²) in [4.78, 5) is 28.9. The molecule has 1 aliphatic heterocycles. The van der Waals surface area contributed by atoms with Gasteiger partial charge >= 0.3 is 11.8 Å². The molecule has 1 aromatic heterocycles. The molecule has 9 nitrogen and oxygen atoms in total. The summed E-state index contributed by atoms with van der Waals surface area (Å²) < 4.78 is 7.32. The maximum atomic E-state index is 12.3. The van der Waals surface area contributed by atoms with Crippen molar-refractivity contribution in [1.82, 2.24) is 19.8 Å². The second kappa shape index (κ2) is 9.83. The number of nitrogens with one attached hydrogen (secondary N) is 1. The highest BCUT2D eigenvalue weighted by atomic mass is 16.6. The van der Waals surface area contributed by atoms with Crippen molar-refractivity contribution in [3.63, 3.8) is 0 Å². The topological polar surface area (TPSA) is 103 Å². The Morgan fingerprint density at radius 2 is 1.94 bits per heavy atom. The number of nitro groups is 1. The zero-order chi connectivity index (χ0) is 23.4. The predicted octanol–water partition coefficient (Wildman–Crippen LogP) is 3.49.